The zero-order chi connectivity index (χ0) is 11.8. The third kappa shape index (κ3) is 1.45. The highest BCUT2D eigenvalue weighted by Gasteiger charge is 2.14. The van der Waals surface area contributed by atoms with Crippen molar-refractivity contribution in [2.24, 2.45) is 7.05 Å². The van der Waals surface area contributed by atoms with Crippen LogP contribution < -0.4 is 0 Å². The first kappa shape index (κ1) is 9.84. The summed E-state index contributed by atoms with van der Waals surface area (Å²) in [6, 6.07) is 9.58. The standard InChI is InChI=1S/C13H11N3O/c1-15-9-11(10-5-2-3-6-12(10)15)13(17)16-8-4-7-14-16/h2-9H,1H3. The molecule has 0 bridgehead atoms. The summed E-state index contributed by atoms with van der Waals surface area (Å²) in [6.07, 6.45) is 5.10. The Morgan fingerprint density at radius 1 is 1.24 bits per heavy atom. The average molecular weight is 225 g/mol. The summed E-state index contributed by atoms with van der Waals surface area (Å²) < 4.78 is 3.30. The van der Waals surface area contributed by atoms with Gasteiger partial charge in [0.25, 0.3) is 5.91 Å². The maximum absolute atomic E-state index is 12.2. The highest BCUT2D eigenvalue weighted by atomic mass is 16.2. The minimum atomic E-state index is -0.105. The minimum absolute atomic E-state index is 0.105. The number of fused-ring (bicyclic) bond motifs is 1. The van der Waals surface area contributed by atoms with Crippen molar-refractivity contribution in [1.29, 1.82) is 0 Å². The van der Waals surface area contributed by atoms with Crippen LogP contribution in [0.2, 0.25) is 0 Å². The number of aromatic nitrogens is 3. The molecular weight excluding hydrogens is 214 g/mol. The largest absolute Gasteiger partial charge is 0.350 e. The monoisotopic (exact) mass is 225 g/mol. The maximum atomic E-state index is 12.2. The lowest BCUT2D eigenvalue weighted by atomic mass is 10.1. The second-order valence-electron chi connectivity index (χ2n) is 3.93. The molecule has 0 aliphatic heterocycles. The molecule has 4 nitrogen and oxygen atoms in total. The summed E-state index contributed by atoms with van der Waals surface area (Å²) in [4.78, 5) is 12.2. The van der Waals surface area contributed by atoms with E-state index in [4.69, 9.17) is 0 Å². The molecule has 0 spiro atoms. The van der Waals surface area contributed by atoms with Gasteiger partial charge in [-0.2, -0.15) is 5.10 Å². The molecule has 0 atom stereocenters. The molecule has 2 aromatic heterocycles. The van der Waals surface area contributed by atoms with Crippen molar-refractivity contribution in [1.82, 2.24) is 14.3 Å². The zero-order valence-corrected chi connectivity index (χ0v) is 9.37. The third-order valence-electron chi connectivity index (χ3n) is 2.84. The maximum Gasteiger partial charge on any atom is 0.280 e. The number of hydrogen-bond donors (Lipinski definition) is 0. The molecule has 3 aromatic rings. The van der Waals surface area contributed by atoms with Gasteiger partial charge < -0.3 is 4.57 Å². The van der Waals surface area contributed by atoms with Gasteiger partial charge in [0.2, 0.25) is 0 Å². The Morgan fingerprint density at radius 3 is 2.82 bits per heavy atom. The van der Waals surface area contributed by atoms with Crippen LogP contribution in [0.4, 0.5) is 0 Å². The van der Waals surface area contributed by atoms with E-state index in [0.29, 0.717) is 5.56 Å². The zero-order valence-electron chi connectivity index (χ0n) is 9.37. The quantitative estimate of drug-likeness (QED) is 0.636. The number of aryl methyl sites for hydroxylation is 1. The van der Waals surface area contributed by atoms with Crippen LogP contribution in [0.25, 0.3) is 10.9 Å². The first-order valence-corrected chi connectivity index (χ1v) is 5.36. The molecule has 3 rings (SSSR count). The van der Waals surface area contributed by atoms with Gasteiger partial charge in [-0.3, -0.25) is 4.79 Å². The highest BCUT2D eigenvalue weighted by molar-refractivity contribution is 6.07. The predicted octanol–water partition coefficient (Wildman–Crippen LogP) is 2.06. The molecule has 0 fully saturated rings. The Hall–Kier alpha value is -2.36. The van der Waals surface area contributed by atoms with Crippen LogP contribution in [-0.4, -0.2) is 20.3 Å². The number of rotatable bonds is 1. The molecule has 84 valence electrons. The van der Waals surface area contributed by atoms with Gasteiger partial charge in [-0.25, -0.2) is 4.68 Å². The fourth-order valence-electron chi connectivity index (χ4n) is 2.02. The van der Waals surface area contributed by atoms with Gasteiger partial charge in [-0.05, 0) is 12.1 Å². The fraction of sp³-hybridized carbons (Fsp3) is 0.0769. The van der Waals surface area contributed by atoms with E-state index in [-0.39, 0.29) is 5.91 Å². The first-order valence-electron chi connectivity index (χ1n) is 5.36. The van der Waals surface area contributed by atoms with Crippen molar-refractivity contribution >= 4 is 16.8 Å². The lowest BCUT2D eigenvalue weighted by molar-refractivity contribution is 0.0946. The number of carbonyl (C=O) groups excluding carboxylic acids is 1. The number of carbonyl (C=O) groups is 1. The molecule has 0 saturated carbocycles. The number of benzene rings is 1. The molecule has 0 unspecified atom stereocenters. The molecule has 0 saturated heterocycles. The second-order valence-corrected chi connectivity index (χ2v) is 3.93. The first-order chi connectivity index (χ1) is 8.27. The highest BCUT2D eigenvalue weighted by Crippen LogP contribution is 2.20. The van der Waals surface area contributed by atoms with Crippen molar-refractivity contribution in [2.75, 3.05) is 0 Å². The van der Waals surface area contributed by atoms with Crippen LogP contribution in [0.3, 0.4) is 0 Å². The van der Waals surface area contributed by atoms with E-state index in [1.807, 2.05) is 42.1 Å². The summed E-state index contributed by atoms with van der Waals surface area (Å²) in [6.45, 7) is 0. The van der Waals surface area contributed by atoms with Crippen molar-refractivity contribution in [2.45, 2.75) is 0 Å². The summed E-state index contributed by atoms with van der Waals surface area (Å²) in [5.74, 6) is -0.105. The van der Waals surface area contributed by atoms with Crippen LogP contribution in [0.5, 0.6) is 0 Å². The minimum Gasteiger partial charge on any atom is -0.350 e. The predicted molar refractivity (Wildman–Crippen MR) is 64.9 cm³/mol. The van der Waals surface area contributed by atoms with E-state index in [1.165, 1.54) is 4.68 Å². The van der Waals surface area contributed by atoms with E-state index < -0.39 is 0 Å². The van der Waals surface area contributed by atoms with E-state index in [0.717, 1.165) is 10.9 Å². The van der Waals surface area contributed by atoms with Crippen LogP contribution in [0, 0.1) is 0 Å². The van der Waals surface area contributed by atoms with Crippen LogP contribution >= 0.6 is 0 Å². The van der Waals surface area contributed by atoms with Gasteiger partial charge in [-0.1, -0.05) is 18.2 Å². The molecule has 1 aromatic carbocycles. The van der Waals surface area contributed by atoms with Crippen molar-refractivity contribution in [3.63, 3.8) is 0 Å². The third-order valence-corrected chi connectivity index (χ3v) is 2.84. The average Bonchev–Trinajstić information content (AvgIpc) is 2.97. The summed E-state index contributed by atoms with van der Waals surface area (Å²) >= 11 is 0. The van der Waals surface area contributed by atoms with Crippen molar-refractivity contribution in [3.8, 4) is 0 Å². The molecule has 2 heterocycles. The number of hydrogen-bond acceptors (Lipinski definition) is 2. The van der Waals surface area contributed by atoms with E-state index in [1.54, 1.807) is 18.5 Å². The van der Waals surface area contributed by atoms with Crippen LogP contribution in [-0.2, 0) is 7.05 Å². The van der Waals surface area contributed by atoms with E-state index in [9.17, 15) is 4.79 Å². The van der Waals surface area contributed by atoms with Gasteiger partial charge in [0.1, 0.15) is 0 Å². The van der Waals surface area contributed by atoms with Crippen molar-refractivity contribution in [3.05, 3.63) is 54.5 Å². The molecule has 0 N–H and O–H groups in total. The molecule has 17 heavy (non-hydrogen) atoms. The lowest BCUT2D eigenvalue weighted by Crippen LogP contribution is -2.11. The number of para-hydroxylation sites is 1. The Kier molecular flexibility index (Phi) is 2.08. The molecule has 0 radical (unpaired) electrons. The molecule has 4 heteroatoms. The Labute approximate surface area is 98.1 Å². The van der Waals surface area contributed by atoms with Gasteiger partial charge in [-0.15, -0.1) is 0 Å². The summed E-state index contributed by atoms with van der Waals surface area (Å²) in [7, 11) is 1.93. The Balaban J connectivity index is 2.22. The van der Waals surface area contributed by atoms with Gasteiger partial charge in [0.15, 0.2) is 0 Å². The van der Waals surface area contributed by atoms with E-state index >= 15 is 0 Å². The van der Waals surface area contributed by atoms with Crippen LogP contribution in [0.15, 0.2) is 48.9 Å². The van der Waals surface area contributed by atoms with Gasteiger partial charge >= 0.3 is 0 Å². The number of nitrogens with zero attached hydrogens (tertiary/aromatic N) is 3. The topological polar surface area (TPSA) is 39.8 Å². The van der Waals surface area contributed by atoms with Crippen LogP contribution in [0.1, 0.15) is 10.4 Å². The normalized spacial score (nSPS) is 10.9. The molecular formula is C13H11N3O. The second kappa shape index (κ2) is 3.59. The smallest absolute Gasteiger partial charge is 0.280 e. The molecule has 0 aliphatic carbocycles. The Bertz CT molecular complexity index is 680. The molecule has 0 aliphatic rings. The van der Waals surface area contributed by atoms with Gasteiger partial charge in [0.05, 0.1) is 5.56 Å². The van der Waals surface area contributed by atoms with E-state index in [2.05, 4.69) is 5.10 Å². The summed E-state index contributed by atoms with van der Waals surface area (Å²) in [5, 5.41) is 4.92. The SMILES string of the molecule is Cn1cc(C(=O)n2cccn2)c2ccccc21. The van der Waals surface area contributed by atoms with Gasteiger partial charge in [0, 0.05) is 36.5 Å². The molecule has 0 amide bonds. The van der Waals surface area contributed by atoms with Crippen molar-refractivity contribution < 1.29 is 4.79 Å². The lowest BCUT2D eigenvalue weighted by Gasteiger charge is -1.97. The summed E-state index contributed by atoms with van der Waals surface area (Å²) in [5.41, 5.74) is 1.72. The Morgan fingerprint density at radius 2 is 2.06 bits per heavy atom. The fourth-order valence-corrected chi connectivity index (χ4v) is 2.02.